The number of piperidine rings is 1. The molecule has 0 spiro atoms. The lowest BCUT2D eigenvalue weighted by atomic mass is 9.94. The molecule has 7 nitrogen and oxygen atoms in total. The number of benzene rings is 1. The number of nitrogens with zero attached hydrogens (tertiary/aromatic N) is 5. The predicted octanol–water partition coefficient (Wildman–Crippen LogP) is 4.01. The van der Waals surface area contributed by atoms with E-state index in [-0.39, 0.29) is 5.91 Å². The summed E-state index contributed by atoms with van der Waals surface area (Å²) in [6.07, 6.45) is 7.57. The fourth-order valence-electron chi connectivity index (χ4n) is 5.08. The first-order chi connectivity index (χ1) is 15.9. The van der Waals surface area contributed by atoms with Gasteiger partial charge in [0.2, 0.25) is 0 Å². The Labute approximate surface area is 195 Å². The molecule has 5 rings (SSSR count). The number of aromatic nitrogens is 3. The number of imidazole rings is 1. The molecule has 1 aromatic carbocycles. The molecule has 3 aromatic rings. The zero-order valence-corrected chi connectivity index (χ0v) is 19.6. The molecule has 7 heteroatoms. The van der Waals surface area contributed by atoms with Crippen LogP contribution in [-0.2, 0) is 13.6 Å². The summed E-state index contributed by atoms with van der Waals surface area (Å²) in [7, 11) is 2.02. The minimum Gasteiger partial charge on any atom is -0.486 e. The lowest BCUT2D eigenvalue weighted by Gasteiger charge is -2.34. The van der Waals surface area contributed by atoms with Crippen LogP contribution in [-0.4, -0.2) is 50.6 Å². The summed E-state index contributed by atoms with van der Waals surface area (Å²) in [4.78, 5) is 26.9. The van der Waals surface area contributed by atoms with Crippen molar-refractivity contribution in [3.05, 3.63) is 71.9 Å². The molecule has 0 radical (unpaired) electrons. The highest BCUT2D eigenvalue weighted by Gasteiger charge is 2.33. The molecule has 4 heterocycles. The second-order valence-electron chi connectivity index (χ2n) is 9.72. The zero-order chi connectivity index (χ0) is 23.0. The SMILES string of the molecule is Cn1cncc1C1CCCN(C(=O)c2cccnc2N2Cc3ccccc3OC(C)(C)C2)C1. The van der Waals surface area contributed by atoms with E-state index in [0.29, 0.717) is 31.1 Å². The summed E-state index contributed by atoms with van der Waals surface area (Å²) in [5.74, 6) is 1.95. The van der Waals surface area contributed by atoms with Gasteiger partial charge in [0.15, 0.2) is 0 Å². The lowest BCUT2D eigenvalue weighted by molar-refractivity contribution is 0.0704. The van der Waals surface area contributed by atoms with Crippen molar-refractivity contribution in [2.75, 3.05) is 24.5 Å². The number of ether oxygens (including phenoxy) is 1. The number of carbonyl (C=O) groups is 1. The Kier molecular flexibility index (Phi) is 5.56. The van der Waals surface area contributed by atoms with Crippen LogP contribution in [0.25, 0.3) is 0 Å². The number of rotatable bonds is 3. The molecule has 1 amide bonds. The molecule has 1 fully saturated rings. The minimum atomic E-state index is -0.416. The number of carbonyl (C=O) groups excluding carboxylic acids is 1. The van der Waals surface area contributed by atoms with E-state index in [1.165, 1.54) is 5.69 Å². The number of anilines is 1. The van der Waals surface area contributed by atoms with Crippen molar-refractivity contribution in [3.8, 4) is 5.75 Å². The van der Waals surface area contributed by atoms with Crippen LogP contribution in [0.3, 0.4) is 0 Å². The Morgan fingerprint density at radius 1 is 1.18 bits per heavy atom. The van der Waals surface area contributed by atoms with Gasteiger partial charge >= 0.3 is 0 Å². The molecule has 33 heavy (non-hydrogen) atoms. The smallest absolute Gasteiger partial charge is 0.257 e. The average Bonchev–Trinajstić information content (AvgIpc) is 3.18. The number of pyridine rings is 1. The quantitative estimate of drug-likeness (QED) is 0.610. The van der Waals surface area contributed by atoms with Gasteiger partial charge in [-0.15, -0.1) is 0 Å². The highest BCUT2D eigenvalue weighted by molar-refractivity contribution is 5.99. The van der Waals surface area contributed by atoms with Gasteiger partial charge in [0, 0.05) is 56.3 Å². The Morgan fingerprint density at radius 3 is 2.85 bits per heavy atom. The zero-order valence-electron chi connectivity index (χ0n) is 19.6. The van der Waals surface area contributed by atoms with E-state index in [4.69, 9.17) is 9.72 Å². The molecule has 2 aliphatic rings. The van der Waals surface area contributed by atoms with Gasteiger partial charge in [0.25, 0.3) is 5.91 Å². The molecule has 2 aromatic heterocycles. The molecule has 1 saturated heterocycles. The Bertz CT molecular complexity index is 1150. The fourth-order valence-corrected chi connectivity index (χ4v) is 5.08. The van der Waals surface area contributed by atoms with E-state index in [2.05, 4.69) is 34.4 Å². The summed E-state index contributed by atoms with van der Waals surface area (Å²) in [5, 5.41) is 0. The van der Waals surface area contributed by atoms with E-state index >= 15 is 0 Å². The van der Waals surface area contributed by atoms with Crippen LogP contribution in [0.15, 0.2) is 55.1 Å². The Morgan fingerprint density at radius 2 is 2.03 bits per heavy atom. The maximum absolute atomic E-state index is 13.8. The fraction of sp³-hybridized carbons (Fsp3) is 0.423. The van der Waals surface area contributed by atoms with Crippen LogP contribution < -0.4 is 9.64 Å². The molecule has 172 valence electrons. The largest absolute Gasteiger partial charge is 0.486 e. The van der Waals surface area contributed by atoms with Gasteiger partial charge in [-0.25, -0.2) is 9.97 Å². The highest BCUT2D eigenvalue weighted by atomic mass is 16.5. The molecule has 1 atom stereocenters. The maximum Gasteiger partial charge on any atom is 0.257 e. The molecule has 2 aliphatic heterocycles. The van der Waals surface area contributed by atoms with E-state index in [1.807, 2.05) is 54.8 Å². The summed E-state index contributed by atoms with van der Waals surface area (Å²) >= 11 is 0. The van der Waals surface area contributed by atoms with Gasteiger partial charge in [0.05, 0.1) is 18.4 Å². The van der Waals surface area contributed by atoms with Crippen LogP contribution in [0.5, 0.6) is 5.75 Å². The highest BCUT2D eigenvalue weighted by Crippen LogP contribution is 2.33. The first-order valence-electron chi connectivity index (χ1n) is 11.6. The normalized spacial score (nSPS) is 20.0. The third-order valence-corrected chi connectivity index (χ3v) is 6.59. The first-order valence-corrected chi connectivity index (χ1v) is 11.6. The third kappa shape index (κ3) is 4.32. The van der Waals surface area contributed by atoms with E-state index in [0.717, 1.165) is 36.5 Å². The van der Waals surface area contributed by atoms with Crippen molar-refractivity contribution < 1.29 is 9.53 Å². The van der Waals surface area contributed by atoms with Crippen LogP contribution in [0.1, 0.15) is 54.2 Å². The molecule has 0 N–H and O–H groups in total. The van der Waals surface area contributed by atoms with E-state index < -0.39 is 5.60 Å². The molecule has 0 saturated carbocycles. The second-order valence-corrected chi connectivity index (χ2v) is 9.72. The maximum atomic E-state index is 13.8. The number of amides is 1. The van der Waals surface area contributed by atoms with Gasteiger partial charge in [-0.3, -0.25) is 4.79 Å². The number of hydrogen-bond donors (Lipinski definition) is 0. The van der Waals surface area contributed by atoms with Gasteiger partial charge in [-0.05, 0) is 44.9 Å². The van der Waals surface area contributed by atoms with Crippen molar-refractivity contribution in [2.24, 2.45) is 7.05 Å². The summed E-state index contributed by atoms with van der Waals surface area (Å²) in [6.45, 7) is 6.90. The van der Waals surface area contributed by atoms with Crippen molar-refractivity contribution in [3.63, 3.8) is 0 Å². The van der Waals surface area contributed by atoms with Crippen molar-refractivity contribution in [1.29, 1.82) is 0 Å². The van der Waals surface area contributed by atoms with E-state index in [9.17, 15) is 4.79 Å². The summed E-state index contributed by atoms with van der Waals surface area (Å²) < 4.78 is 8.37. The minimum absolute atomic E-state index is 0.0428. The second kappa shape index (κ2) is 8.54. The molecular weight excluding hydrogens is 414 g/mol. The average molecular weight is 446 g/mol. The standard InChI is InChI=1S/C26H31N5O2/c1-26(2)17-31(16-20-8-4-5-11-23(20)33-26)24-21(10-6-12-28-24)25(32)30-13-7-9-19(15-30)22-14-27-18-29(22)3/h4-6,8,10-12,14,18-19H,7,9,13,15-17H2,1-3H3. The third-order valence-electron chi connectivity index (χ3n) is 6.59. The lowest BCUT2D eigenvalue weighted by Crippen LogP contribution is -2.43. The monoisotopic (exact) mass is 445 g/mol. The van der Waals surface area contributed by atoms with E-state index in [1.54, 1.807) is 6.20 Å². The van der Waals surface area contributed by atoms with Gasteiger partial charge in [-0.2, -0.15) is 0 Å². The summed E-state index contributed by atoms with van der Waals surface area (Å²) in [6, 6.07) is 11.9. The van der Waals surface area contributed by atoms with Gasteiger partial charge in [-0.1, -0.05) is 18.2 Å². The van der Waals surface area contributed by atoms with Crippen molar-refractivity contribution >= 4 is 11.7 Å². The van der Waals surface area contributed by atoms with Gasteiger partial charge in [0.1, 0.15) is 17.2 Å². The Hall–Kier alpha value is -3.35. The topological polar surface area (TPSA) is 63.5 Å². The molecule has 0 aliphatic carbocycles. The molecule has 0 bridgehead atoms. The van der Waals surface area contributed by atoms with Crippen molar-refractivity contribution in [1.82, 2.24) is 19.4 Å². The number of aryl methyl sites for hydroxylation is 1. The van der Waals surface area contributed by atoms with Crippen LogP contribution >= 0.6 is 0 Å². The predicted molar refractivity (Wildman–Crippen MR) is 128 cm³/mol. The number of hydrogen-bond acceptors (Lipinski definition) is 5. The number of fused-ring (bicyclic) bond motifs is 1. The van der Waals surface area contributed by atoms with Gasteiger partial charge < -0.3 is 19.1 Å². The molecule has 1 unspecified atom stereocenters. The number of para-hydroxylation sites is 1. The number of likely N-dealkylation sites (tertiary alicyclic amines) is 1. The molecular formula is C26H31N5O2. The van der Waals surface area contributed by atoms with Crippen LogP contribution in [0, 0.1) is 0 Å². The summed E-state index contributed by atoms with van der Waals surface area (Å²) in [5.41, 5.74) is 2.52. The van der Waals surface area contributed by atoms with Crippen molar-refractivity contribution in [2.45, 2.75) is 44.8 Å². The Balaban J connectivity index is 1.44. The van der Waals surface area contributed by atoms with Crippen LogP contribution in [0.4, 0.5) is 5.82 Å². The van der Waals surface area contributed by atoms with Crippen LogP contribution in [0.2, 0.25) is 0 Å². The first kappa shape index (κ1) is 21.5.